The number of fused-ring (bicyclic) bond motifs is 1. The highest BCUT2D eigenvalue weighted by Crippen LogP contribution is 2.27. The van der Waals surface area contributed by atoms with Crippen molar-refractivity contribution in [1.82, 2.24) is 0 Å². The largest absolute Gasteiger partial charge is 0.378 e. The Labute approximate surface area is 133 Å². The van der Waals surface area contributed by atoms with Crippen LogP contribution in [0, 0.1) is 3.57 Å². The first-order valence-electron chi connectivity index (χ1n) is 6.74. The van der Waals surface area contributed by atoms with Gasteiger partial charge in [-0.1, -0.05) is 48.5 Å². The van der Waals surface area contributed by atoms with Gasteiger partial charge in [0.25, 0.3) is 0 Å². The van der Waals surface area contributed by atoms with E-state index >= 15 is 0 Å². The highest BCUT2D eigenvalue weighted by Gasteiger charge is 2.07. The maximum Gasteiger partial charge on any atom is 0.0485 e. The Hall–Kier alpha value is -1.55. The number of hydrogen-bond acceptors (Lipinski definition) is 1. The second kappa shape index (κ2) is 5.83. The lowest BCUT2D eigenvalue weighted by atomic mass is 10.1. The third kappa shape index (κ3) is 2.80. The van der Waals surface area contributed by atoms with Gasteiger partial charge >= 0.3 is 0 Å². The number of anilines is 1. The summed E-state index contributed by atoms with van der Waals surface area (Å²) in [5.74, 6) is 0. The average Bonchev–Trinajstić information content (AvgIpc) is 2.48. The molecule has 100 valence electrons. The van der Waals surface area contributed by atoms with Crippen LogP contribution in [0.4, 0.5) is 5.69 Å². The Balaban J connectivity index is 1.91. The van der Waals surface area contributed by atoms with Crippen LogP contribution < -0.4 is 5.32 Å². The summed E-state index contributed by atoms with van der Waals surface area (Å²) in [6.07, 6.45) is 0. The molecular weight excluding hydrogens is 357 g/mol. The molecule has 0 amide bonds. The number of halogens is 1. The minimum atomic E-state index is 0.290. The molecular formula is C18H16IN. The van der Waals surface area contributed by atoms with Crippen LogP contribution in [0.5, 0.6) is 0 Å². The summed E-state index contributed by atoms with van der Waals surface area (Å²) in [6.45, 7) is 2.20. The van der Waals surface area contributed by atoms with Crippen molar-refractivity contribution in [2.24, 2.45) is 0 Å². The standard InChI is InChI=1S/C18H16IN/c1-13(14-9-11-16(19)12-10-14)20-18-8-4-6-15-5-2-3-7-17(15)18/h2-13,20H,1H3. The van der Waals surface area contributed by atoms with Crippen molar-refractivity contribution in [2.75, 3.05) is 5.32 Å². The fourth-order valence-corrected chi connectivity index (χ4v) is 2.78. The summed E-state index contributed by atoms with van der Waals surface area (Å²) in [5, 5.41) is 6.16. The van der Waals surface area contributed by atoms with E-state index < -0.39 is 0 Å². The van der Waals surface area contributed by atoms with E-state index in [1.165, 1.54) is 25.6 Å². The van der Waals surface area contributed by atoms with Gasteiger partial charge in [-0.15, -0.1) is 0 Å². The summed E-state index contributed by atoms with van der Waals surface area (Å²) in [6, 6.07) is 23.8. The molecule has 1 atom stereocenters. The molecule has 2 heteroatoms. The predicted molar refractivity (Wildman–Crippen MR) is 95.1 cm³/mol. The summed E-state index contributed by atoms with van der Waals surface area (Å²) >= 11 is 2.33. The van der Waals surface area contributed by atoms with E-state index in [1.54, 1.807) is 0 Å². The monoisotopic (exact) mass is 373 g/mol. The van der Waals surface area contributed by atoms with E-state index in [9.17, 15) is 0 Å². The molecule has 3 aromatic rings. The van der Waals surface area contributed by atoms with Crippen LogP contribution in [0.1, 0.15) is 18.5 Å². The predicted octanol–water partition coefficient (Wildman–Crippen LogP) is 5.62. The molecule has 0 saturated carbocycles. The summed E-state index contributed by atoms with van der Waals surface area (Å²) in [4.78, 5) is 0. The van der Waals surface area contributed by atoms with E-state index in [0.29, 0.717) is 0 Å². The Kier molecular flexibility index (Phi) is 3.92. The first-order valence-corrected chi connectivity index (χ1v) is 7.82. The molecule has 0 bridgehead atoms. The summed E-state index contributed by atoms with van der Waals surface area (Å²) in [7, 11) is 0. The Bertz CT molecular complexity index is 714. The number of benzene rings is 3. The van der Waals surface area contributed by atoms with Crippen LogP contribution in [0.3, 0.4) is 0 Å². The number of rotatable bonds is 3. The zero-order valence-electron chi connectivity index (χ0n) is 11.3. The van der Waals surface area contributed by atoms with E-state index in [-0.39, 0.29) is 6.04 Å². The average molecular weight is 373 g/mol. The third-order valence-electron chi connectivity index (χ3n) is 3.53. The minimum Gasteiger partial charge on any atom is -0.378 e. The van der Waals surface area contributed by atoms with Crippen molar-refractivity contribution in [3.8, 4) is 0 Å². The van der Waals surface area contributed by atoms with Gasteiger partial charge in [0, 0.05) is 20.7 Å². The minimum absolute atomic E-state index is 0.290. The highest BCUT2D eigenvalue weighted by atomic mass is 127. The Morgan fingerprint density at radius 1 is 0.850 bits per heavy atom. The second-order valence-electron chi connectivity index (χ2n) is 4.94. The van der Waals surface area contributed by atoms with Gasteiger partial charge in [-0.25, -0.2) is 0 Å². The van der Waals surface area contributed by atoms with Crippen LogP contribution in [0.2, 0.25) is 0 Å². The Morgan fingerprint density at radius 2 is 1.55 bits per heavy atom. The Morgan fingerprint density at radius 3 is 2.35 bits per heavy atom. The molecule has 3 aromatic carbocycles. The van der Waals surface area contributed by atoms with Gasteiger partial charge in [0.2, 0.25) is 0 Å². The van der Waals surface area contributed by atoms with Crippen LogP contribution in [-0.2, 0) is 0 Å². The molecule has 0 saturated heterocycles. The van der Waals surface area contributed by atoms with Crippen LogP contribution in [-0.4, -0.2) is 0 Å². The maximum atomic E-state index is 3.62. The zero-order valence-corrected chi connectivity index (χ0v) is 13.5. The van der Waals surface area contributed by atoms with E-state index in [0.717, 1.165) is 0 Å². The van der Waals surface area contributed by atoms with Gasteiger partial charge in [0.15, 0.2) is 0 Å². The first kappa shape index (κ1) is 13.4. The van der Waals surface area contributed by atoms with Crippen molar-refractivity contribution in [3.05, 3.63) is 75.9 Å². The highest BCUT2D eigenvalue weighted by molar-refractivity contribution is 14.1. The molecule has 3 rings (SSSR count). The zero-order chi connectivity index (χ0) is 13.9. The van der Waals surface area contributed by atoms with Gasteiger partial charge in [0.1, 0.15) is 0 Å². The van der Waals surface area contributed by atoms with Gasteiger partial charge in [0.05, 0.1) is 0 Å². The molecule has 20 heavy (non-hydrogen) atoms. The van der Waals surface area contributed by atoms with Crippen LogP contribution >= 0.6 is 22.6 Å². The molecule has 0 fully saturated rings. The van der Waals surface area contributed by atoms with Crippen molar-refractivity contribution in [3.63, 3.8) is 0 Å². The van der Waals surface area contributed by atoms with Gasteiger partial charge < -0.3 is 5.32 Å². The van der Waals surface area contributed by atoms with E-state index in [1.807, 2.05) is 0 Å². The normalized spacial score (nSPS) is 12.3. The fraction of sp³-hybridized carbons (Fsp3) is 0.111. The van der Waals surface area contributed by atoms with Crippen molar-refractivity contribution < 1.29 is 0 Å². The van der Waals surface area contributed by atoms with E-state index in [2.05, 4.69) is 102 Å². The second-order valence-corrected chi connectivity index (χ2v) is 6.19. The van der Waals surface area contributed by atoms with Crippen LogP contribution in [0.25, 0.3) is 10.8 Å². The van der Waals surface area contributed by atoms with Crippen molar-refractivity contribution in [1.29, 1.82) is 0 Å². The molecule has 0 aromatic heterocycles. The summed E-state index contributed by atoms with van der Waals surface area (Å²) < 4.78 is 1.27. The van der Waals surface area contributed by atoms with Gasteiger partial charge in [-0.2, -0.15) is 0 Å². The smallest absolute Gasteiger partial charge is 0.0485 e. The number of nitrogens with one attached hydrogen (secondary N) is 1. The molecule has 0 spiro atoms. The topological polar surface area (TPSA) is 12.0 Å². The molecule has 0 aliphatic heterocycles. The quantitative estimate of drug-likeness (QED) is 0.588. The first-order chi connectivity index (χ1) is 9.74. The third-order valence-corrected chi connectivity index (χ3v) is 4.25. The molecule has 1 N–H and O–H groups in total. The van der Waals surface area contributed by atoms with Crippen molar-refractivity contribution >= 4 is 39.1 Å². The molecule has 0 heterocycles. The molecule has 0 aliphatic carbocycles. The molecule has 0 radical (unpaired) electrons. The fourth-order valence-electron chi connectivity index (χ4n) is 2.42. The van der Waals surface area contributed by atoms with Gasteiger partial charge in [-0.05, 0) is 58.7 Å². The molecule has 1 nitrogen and oxygen atoms in total. The van der Waals surface area contributed by atoms with Crippen molar-refractivity contribution in [2.45, 2.75) is 13.0 Å². The molecule has 1 unspecified atom stereocenters. The lowest BCUT2D eigenvalue weighted by Crippen LogP contribution is -2.06. The SMILES string of the molecule is CC(Nc1cccc2ccccc12)c1ccc(I)cc1. The van der Waals surface area contributed by atoms with Crippen LogP contribution in [0.15, 0.2) is 66.7 Å². The molecule has 0 aliphatic rings. The number of hydrogen-bond donors (Lipinski definition) is 1. The lowest BCUT2D eigenvalue weighted by molar-refractivity contribution is 0.886. The van der Waals surface area contributed by atoms with Gasteiger partial charge in [-0.3, -0.25) is 0 Å². The lowest BCUT2D eigenvalue weighted by Gasteiger charge is -2.17. The summed E-state index contributed by atoms with van der Waals surface area (Å²) in [5.41, 5.74) is 2.49. The van der Waals surface area contributed by atoms with E-state index in [4.69, 9.17) is 0 Å². The maximum absolute atomic E-state index is 3.62.